The van der Waals surface area contributed by atoms with Crippen molar-refractivity contribution in [1.82, 2.24) is 19.8 Å². The largest absolute Gasteiger partial charge is 0.357 e. The summed E-state index contributed by atoms with van der Waals surface area (Å²) in [7, 11) is 4.14. The smallest absolute Gasteiger partial charge is 0.194 e. The number of aromatic nitrogens is 2. The summed E-state index contributed by atoms with van der Waals surface area (Å²) in [5.41, 5.74) is 2.42. The molecule has 7 heteroatoms. The van der Waals surface area contributed by atoms with Gasteiger partial charge in [0.05, 0.1) is 13.1 Å². The molecule has 0 amide bonds. The van der Waals surface area contributed by atoms with E-state index in [1.54, 1.807) is 0 Å². The van der Waals surface area contributed by atoms with Gasteiger partial charge in [-0.05, 0) is 59.5 Å². The van der Waals surface area contributed by atoms with Gasteiger partial charge >= 0.3 is 0 Å². The van der Waals surface area contributed by atoms with Crippen LogP contribution in [0.5, 0.6) is 0 Å². The molecule has 1 saturated heterocycles. The molecule has 0 aliphatic carbocycles. The lowest BCUT2D eigenvalue weighted by molar-refractivity contribution is 0.462. The molecule has 2 aromatic heterocycles. The first-order valence-electron chi connectivity index (χ1n) is 9.57. The standard InChI is InChI=1S/C20H29BrN6/c1-4-22-20(26(3)15-18-12-17(21)14-25(18)2)24-13-16-7-8-23-19(11-16)27-9-5-6-10-27/h7-8,11-12,14H,4-6,9-10,13,15H2,1-3H3,(H,22,24). The van der Waals surface area contributed by atoms with Gasteiger partial charge < -0.3 is 19.7 Å². The molecule has 0 bridgehead atoms. The van der Waals surface area contributed by atoms with Crippen LogP contribution in [0, 0.1) is 0 Å². The number of nitrogens with one attached hydrogen (secondary N) is 1. The van der Waals surface area contributed by atoms with E-state index >= 15 is 0 Å². The van der Waals surface area contributed by atoms with Crippen LogP contribution in [0.4, 0.5) is 5.82 Å². The molecule has 0 atom stereocenters. The van der Waals surface area contributed by atoms with E-state index in [0.29, 0.717) is 6.54 Å². The first-order valence-corrected chi connectivity index (χ1v) is 10.4. The van der Waals surface area contributed by atoms with Crippen molar-refractivity contribution in [2.45, 2.75) is 32.9 Å². The van der Waals surface area contributed by atoms with Crippen molar-refractivity contribution in [1.29, 1.82) is 0 Å². The molecule has 0 spiro atoms. The first-order chi connectivity index (χ1) is 13.1. The molecule has 0 saturated carbocycles. The Morgan fingerprint density at radius 2 is 2.11 bits per heavy atom. The average Bonchev–Trinajstić information content (AvgIpc) is 3.29. The van der Waals surface area contributed by atoms with E-state index in [4.69, 9.17) is 4.99 Å². The average molecular weight is 433 g/mol. The van der Waals surface area contributed by atoms with Gasteiger partial charge in [0.1, 0.15) is 5.82 Å². The number of hydrogen-bond acceptors (Lipinski definition) is 3. The third-order valence-electron chi connectivity index (χ3n) is 4.82. The Kier molecular flexibility index (Phi) is 6.77. The van der Waals surface area contributed by atoms with Crippen LogP contribution in [0.25, 0.3) is 0 Å². The SMILES string of the molecule is CCNC(=NCc1ccnc(N2CCCC2)c1)N(C)Cc1cc(Br)cn1C. The summed E-state index contributed by atoms with van der Waals surface area (Å²) in [5.74, 6) is 1.99. The fraction of sp³-hybridized carbons (Fsp3) is 0.500. The highest BCUT2D eigenvalue weighted by molar-refractivity contribution is 9.10. The summed E-state index contributed by atoms with van der Waals surface area (Å²) < 4.78 is 3.23. The lowest BCUT2D eigenvalue weighted by Gasteiger charge is -2.22. The Hall–Kier alpha value is -2.02. The summed E-state index contributed by atoms with van der Waals surface area (Å²) in [6.07, 6.45) is 6.49. The van der Waals surface area contributed by atoms with E-state index < -0.39 is 0 Å². The van der Waals surface area contributed by atoms with Crippen molar-refractivity contribution in [2.75, 3.05) is 31.6 Å². The van der Waals surface area contributed by atoms with Gasteiger partial charge in [0.15, 0.2) is 5.96 Å². The maximum Gasteiger partial charge on any atom is 0.194 e. The van der Waals surface area contributed by atoms with Crippen LogP contribution in [0.1, 0.15) is 31.0 Å². The maximum atomic E-state index is 4.85. The number of rotatable bonds is 6. The fourth-order valence-electron chi connectivity index (χ4n) is 3.36. The lowest BCUT2D eigenvalue weighted by atomic mass is 10.2. The van der Waals surface area contributed by atoms with Crippen molar-refractivity contribution in [3.63, 3.8) is 0 Å². The van der Waals surface area contributed by atoms with Gasteiger partial charge in [-0.1, -0.05) is 0 Å². The highest BCUT2D eigenvalue weighted by Gasteiger charge is 2.14. The molecule has 0 unspecified atom stereocenters. The van der Waals surface area contributed by atoms with E-state index in [-0.39, 0.29) is 0 Å². The molecule has 1 aliphatic heterocycles. The molecule has 0 radical (unpaired) electrons. The molecule has 1 aliphatic rings. The molecule has 1 fully saturated rings. The third-order valence-corrected chi connectivity index (χ3v) is 5.26. The molecule has 146 valence electrons. The Morgan fingerprint density at radius 1 is 1.33 bits per heavy atom. The van der Waals surface area contributed by atoms with E-state index in [0.717, 1.165) is 42.4 Å². The van der Waals surface area contributed by atoms with Crippen molar-refractivity contribution < 1.29 is 0 Å². The van der Waals surface area contributed by atoms with Gasteiger partial charge in [0, 0.05) is 56.3 Å². The van der Waals surface area contributed by atoms with Crippen molar-refractivity contribution >= 4 is 27.7 Å². The third kappa shape index (κ3) is 5.25. The second-order valence-electron chi connectivity index (χ2n) is 7.00. The minimum atomic E-state index is 0.646. The van der Waals surface area contributed by atoms with Crippen molar-refractivity contribution in [2.24, 2.45) is 12.0 Å². The van der Waals surface area contributed by atoms with Gasteiger partial charge in [-0.15, -0.1) is 0 Å². The zero-order valence-corrected chi connectivity index (χ0v) is 18.0. The van der Waals surface area contributed by atoms with E-state index in [2.05, 4.69) is 86.0 Å². The van der Waals surface area contributed by atoms with Crippen LogP contribution in [0.3, 0.4) is 0 Å². The molecule has 0 aromatic carbocycles. The fourth-order valence-corrected chi connectivity index (χ4v) is 3.93. The molecular formula is C20H29BrN6. The van der Waals surface area contributed by atoms with Crippen LogP contribution in [-0.4, -0.2) is 47.1 Å². The zero-order valence-electron chi connectivity index (χ0n) is 16.5. The Balaban J connectivity index is 1.69. The molecule has 3 heterocycles. The summed E-state index contributed by atoms with van der Waals surface area (Å²) in [5, 5.41) is 3.40. The maximum absolute atomic E-state index is 4.85. The summed E-state index contributed by atoms with van der Waals surface area (Å²) in [6, 6.07) is 6.37. The molecular weight excluding hydrogens is 404 g/mol. The number of halogens is 1. The number of aryl methyl sites for hydroxylation is 1. The summed E-state index contributed by atoms with van der Waals surface area (Å²) in [6.45, 7) is 6.60. The molecule has 2 aromatic rings. The lowest BCUT2D eigenvalue weighted by Crippen LogP contribution is -2.38. The van der Waals surface area contributed by atoms with Crippen LogP contribution < -0.4 is 10.2 Å². The van der Waals surface area contributed by atoms with Gasteiger partial charge in [0.2, 0.25) is 0 Å². The number of pyridine rings is 1. The number of guanidine groups is 1. The van der Waals surface area contributed by atoms with Crippen LogP contribution in [0.15, 0.2) is 40.1 Å². The highest BCUT2D eigenvalue weighted by atomic mass is 79.9. The monoisotopic (exact) mass is 432 g/mol. The van der Waals surface area contributed by atoms with Gasteiger partial charge in [0.25, 0.3) is 0 Å². The highest BCUT2D eigenvalue weighted by Crippen LogP contribution is 2.19. The van der Waals surface area contributed by atoms with Gasteiger partial charge in [-0.3, -0.25) is 0 Å². The molecule has 6 nitrogen and oxygen atoms in total. The number of anilines is 1. The van der Waals surface area contributed by atoms with E-state index in [1.807, 2.05) is 6.20 Å². The Morgan fingerprint density at radius 3 is 2.78 bits per heavy atom. The minimum absolute atomic E-state index is 0.646. The minimum Gasteiger partial charge on any atom is -0.357 e. The first kappa shape index (κ1) is 19.7. The van der Waals surface area contributed by atoms with E-state index in [1.165, 1.54) is 24.1 Å². The Labute approximate surface area is 170 Å². The van der Waals surface area contributed by atoms with Gasteiger partial charge in [-0.2, -0.15) is 0 Å². The normalized spacial score (nSPS) is 14.7. The predicted octanol–water partition coefficient (Wildman–Crippen LogP) is 3.38. The van der Waals surface area contributed by atoms with Crippen molar-refractivity contribution in [3.05, 3.63) is 46.3 Å². The zero-order chi connectivity index (χ0) is 19.2. The number of aliphatic imine (C=N–C) groups is 1. The quantitative estimate of drug-likeness (QED) is 0.561. The van der Waals surface area contributed by atoms with Crippen molar-refractivity contribution in [3.8, 4) is 0 Å². The molecule has 3 rings (SSSR count). The predicted molar refractivity (Wildman–Crippen MR) is 115 cm³/mol. The number of hydrogen-bond donors (Lipinski definition) is 1. The Bertz CT molecular complexity index is 779. The number of nitrogens with zero attached hydrogens (tertiary/aromatic N) is 5. The summed E-state index contributed by atoms with van der Waals surface area (Å²) >= 11 is 3.54. The van der Waals surface area contributed by atoms with E-state index in [9.17, 15) is 0 Å². The molecule has 1 N–H and O–H groups in total. The second kappa shape index (κ2) is 9.26. The topological polar surface area (TPSA) is 48.7 Å². The van der Waals surface area contributed by atoms with Gasteiger partial charge in [-0.25, -0.2) is 9.98 Å². The summed E-state index contributed by atoms with van der Waals surface area (Å²) in [4.78, 5) is 13.9. The van der Waals surface area contributed by atoms with Crippen LogP contribution in [-0.2, 0) is 20.1 Å². The van der Waals surface area contributed by atoms with Crippen LogP contribution >= 0.6 is 15.9 Å². The van der Waals surface area contributed by atoms with Crippen LogP contribution in [0.2, 0.25) is 0 Å². The molecule has 27 heavy (non-hydrogen) atoms. The second-order valence-corrected chi connectivity index (χ2v) is 7.92.